The Kier molecular flexibility index (Phi) is 6.71. The second-order valence-corrected chi connectivity index (χ2v) is 5.78. The van der Waals surface area contributed by atoms with Crippen molar-refractivity contribution in [3.63, 3.8) is 0 Å². The van der Waals surface area contributed by atoms with Crippen molar-refractivity contribution < 1.29 is 13.9 Å². The molecule has 0 fully saturated rings. The summed E-state index contributed by atoms with van der Waals surface area (Å²) >= 11 is 5.15. The Morgan fingerprint density at radius 1 is 1.20 bits per heavy atom. The van der Waals surface area contributed by atoms with Crippen molar-refractivity contribution in [2.24, 2.45) is 5.10 Å². The van der Waals surface area contributed by atoms with E-state index in [1.54, 1.807) is 25.5 Å². The highest BCUT2D eigenvalue weighted by Gasteiger charge is 2.10. The molecule has 5 nitrogen and oxygen atoms in total. The number of benzene rings is 2. The summed E-state index contributed by atoms with van der Waals surface area (Å²) in [6.07, 6.45) is 1.59. The van der Waals surface area contributed by atoms with Crippen molar-refractivity contribution in [2.45, 2.75) is 20.0 Å². The third kappa shape index (κ3) is 5.72. The summed E-state index contributed by atoms with van der Waals surface area (Å²) in [6, 6.07) is 11.4. The van der Waals surface area contributed by atoms with E-state index in [0.29, 0.717) is 17.2 Å². The lowest BCUT2D eigenvalue weighted by Gasteiger charge is -2.15. The van der Waals surface area contributed by atoms with Gasteiger partial charge in [-0.05, 0) is 62.5 Å². The number of nitrogens with one attached hydrogen (secondary N) is 2. The highest BCUT2D eigenvalue weighted by Crippen LogP contribution is 2.30. The minimum absolute atomic E-state index is 0.00220. The zero-order chi connectivity index (χ0) is 18.2. The smallest absolute Gasteiger partial charge is 0.191 e. The summed E-state index contributed by atoms with van der Waals surface area (Å²) in [5.74, 6) is 0.936. The molecule has 0 radical (unpaired) electrons. The number of methoxy groups -OCH3 is 1. The quantitative estimate of drug-likeness (QED) is 0.464. The number of hydrogen-bond acceptors (Lipinski definition) is 4. The predicted molar refractivity (Wildman–Crippen MR) is 102 cm³/mol. The molecule has 132 valence electrons. The van der Waals surface area contributed by atoms with E-state index in [1.807, 2.05) is 32.0 Å². The highest BCUT2D eigenvalue weighted by molar-refractivity contribution is 7.80. The lowest BCUT2D eigenvalue weighted by molar-refractivity contribution is 0.230. The molecular formula is C18H20FN3O2S. The number of rotatable bonds is 6. The number of ether oxygens (including phenoxy) is 2. The molecule has 0 atom stereocenters. The number of halogens is 1. The van der Waals surface area contributed by atoms with Crippen LogP contribution in [0.5, 0.6) is 11.5 Å². The maximum absolute atomic E-state index is 12.9. The third-order valence-corrected chi connectivity index (χ3v) is 3.25. The van der Waals surface area contributed by atoms with Gasteiger partial charge < -0.3 is 14.8 Å². The van der Waals surface area contributed by atoms with E-state index in [1.165, 1.54) is 12.1 Å². The fourth-order valence-corrected chi connectivity index (χ4v) is 2.18. The van der Waals surface area contributed by atoms with Crippen LogP contribution in [0, 0.1) is 5.82 Å². The Morgan fingerprint density at radius 3 is 2.56 bits per heavy atom. The van der Waals surface area contributed by atoms with Crippen LogP contribution in [-0.4, -0.2) is 24.5 Å². The topological polar surface area (TPSA) is 54.9 Å². The van der Waals surface area contributed by atoms with E-state index in [2.05, 4.69) is 15.8 Å². The molecule has 0 aliphatic rings. The van der Waals surface area contributed by atoms with Crippen molar-refractivity contribution >= 4 is 29.2 Å². The molecule has 25 heavy (non-hydrogen) atoms. The number of nitrogens with zero attached hydrogens (tertiary/aromatic N) is 1. The van der Waals surface area contributed by atoms with Crippen LogP contribution >= 0.6 is 12.2 Å². The van der Waals surface area contributed by atoms with Gasteiger partial charge in [-0.3, -0.25) is 5.43 Å². The predicted octanol–water partition coefficient (Wildman–Crippen LogP) is 3.94. The van der Waals surface area contributed by atoms with Crippen LogP contribution in [0.1, 0.15) is 19.4 Å². The fourth-order valence-electron chi connectivity index (χ4n) is 2.01. The van der Waals surface area contributed by atoms with Gasteiger partial charge in [0.05, 0.1) is 19.4 Å². The summed E-state index contributed by atoms with van der Waals surface area (Å²) in [5.41, 5.74) is 4.13. The van der Waals surface area contributed by atoms with E-state index in [0.717, 1.165) is 5.56 Å². The molecule has 0 aliphatic heterocycles. The van der Waals surface area contributed by atoms with Gasteiger partial charge in [-0.15, -0.1) is 0 Å². The van der Waals surface area contributed by atoms with Gasteiger partial charge in [0.1, 0.15) is 5.82 Å². The second-order valence-electron chi connectivity index (χ2n) is 5.38. The van der Waals surface area contributed by atoms with Gasteiger partial charge in [-0.1, -0.05) is 6.07 Å². The third-order valence-electron chi connectivity index (χ3n) is 3.05. The summed E-state index contributed by atoms with van der Waals surface area (Å²) < 4.78 is 24.0. The molecule has 0 unspecified atom stereocenters. The van der Waals surface area contributed by atoms with E-state index >= 15 is 0 Å². The fraction of sp³-hybridized carbons (Fsp3) is 0.222. The molecule has 0 aliphatic carbocycles. The zero-order valence-electron chi connectivity index (χ0n) is 14.2. The van der Waals surface area contributed by atoms with Crippen LogP contribution in [0.4, 0.5) is 10.1 Å². The first kappa shape index (κ1) is 18.7. The molecule has 2 aromatic rings. The number of thiocarbonyl (C=S) groups is 1. The van der Waals surface area contributed by atoms with Gasteiger partial charge in [-0.25, -0.2) is 4.39 Å². The van der Waals surface area contributed by atoms with Gasteiger partial charge >= 0.3 is 0 Å². The molecule has 0 saturated heterocycles. The van der Waals surface area contributed by atoms with Crippen molar-refractivity contribution in [3.8, 4) is 11.5 Å². The maximum Gasteiger partial charge on any atom is 0.191 e. The number of hydrazone groups is 1. The van der Waals surface area contributed by atoms with Crippen LogP contribution in [-0.2, 0) is 0 Å². The molecule has 2 aromatic carbocycles. The van der Waals surface area contributed by atoms with E-state index in [9.17, 15) is 4.39 Å². The molecule has 2 rings (SSSR count). The lowest BCUT2D eigenvalue weighted by atomic mass is 10.2. The van der Waals surface area contributed by atoms with Crippen molar-refractivity contribution in [2.75, 3.05) is 12.4 Å². The molecular weight excluding hydrogens is 341 g/mol. The molecule has 0 aromatic heterocycles. The first-order chi connectivity index (χ1) is 12.0. The Bertz CT molecular complexity index is 748. The van der Waals surface area contributed by atoms with Crippen LogP contribution < -0.4 is 20.2 Å². The second kappa shape index (κ2) is 8.98. The number of hydrogen-bond donors (Lipinski definition) is 2. The lowest BCUT2D eigenvalue weighted by Crippen LogP contribution is -2.23. The van der Waals surface area contributed by atoms with E-state index in [-0.39, 0.29) is 17.0 Å². The van der Waals surface area contributed by atoms with Gasteiger partial charge in [0.25, 0.3) is 0 Å². The molecule has 7 heteroatoms. The van der Waals surface area contributed by atoms with Crippen LogP contribution in [0.15, 0.2) is 47.6 Å². The first-order valence-corrected chi connectivity index (χ1v) is 8.09. The number of para-hydroxylation sites is 1. The van der Waals surface area contributed by atoms with Crippen molar-refractivity contribution in [1.29, 1.82) is 0 Å². The van der Waals surface area contributed by atoms with E-state index in [4.69, 9.17) is 21.7 Å². The van der Waals surface area contributed by atoms with Crippen molar-refractivity contribution in [3.05, 3.63) is 53.8 Å². The Balaban J connectivity index is 2.03. The summed E-state index contributed by atoms with van der Waals surface area (Å²) in [6.45, 7) is 3.88. The van der Waals surface area contributed by atoms with E-state index < -0.39 is 0 Å². The zero-order valence-corrected chi connectivity index (χ0v) is 15.1. The monoisotopic (exact) mass is 361 g/mol. The minimum atomic E-state index is -0.307. The Hall–Kier alpha value is -2.67. The van der Waals surface area contributed by atoms with Gasteiger partial charge in [0.2, 0.25) is 0 Å². The number of anilines is 1. The molecule has 0 amide bonds. The highest BCUT2D eigenvalue weighted by atomic mass is 32.1. The van der Waals surface area contributed by atoms with Crippen LogP contribution in [0.25, 0.3) is 0 Å². The van der Waals surface area contributed by atoms with Gasteiger partial charge in [-0.2, -0.15) is 5.10 Å². The van der Waals surface area contributed by atoms with Crippen LogP contribution in [0.3, 0.4) is 0 Å². The Morgan fingerprint density at radius 2 is 1.92 bits per heavy atom. The van der Waals surface area contributed by atoms with Crippen molar-refractivity contribution in [1.82, 2.24) is 5.43 Å². The standard InChI is InChI=1S/C18H20FN3O2S/c1-12(2)24-17-13(5-4-6-16(17)23-3)11-20-22-18(25)21-15-9-7-14(19)8-10-15/h4-12H,1-3H3,(H2,21,22,25)/b20-11-. The summed E-state index contributed by atoms with van der Waals surface area (Å²) in [5, 5.41) is 7.31. The maximum atomic E-state index is 12.9. The molecule has 0 spiro atoms. The molecule has 0 saturated carbocycles. The van der Waals surface area contributed by atoms with Gasteiger partial charge in [0, 0.05) is 11.3 Å². The SMILES string of the molecule is COc1cccc(/C=N\NC(=S)Nc2ccc(F)cc2)c1OC(C)C. The summed E-state index contributed by atoms with van der Waals surface area (Å²) in [7, 11) is 1.59. The normalized spacial score (nSPS) is 10.8. The molecule has 2 N–H and O–H groups in total. The Labute approximate surface area is 151 Å². The molecule has 0 heterocycles. The first-order valence-electron chi connectivity index (χ1n) is 7.69. The molecule has 0 bridgehead atoms. The average molecular weight is 361 g/mol. The van der Waals surface area contributed by atoms with Crippen LogP contribution in [0.2, 0.25) is 0 Å². The van der Waals surface area contributed by atoms with Gasteiger partial charge in [0.15, 0.2) is 16.6 Å². The largest absolute Gasteiger partial charge is 0.493 e. The summed E-state index contributed by atoms with van der Waals surface area (Å²) in [4.78, 5) is 0. The average Bonchev–Trinajstić information content (AvgIpc) is 2.58. The minimum Gasteiger partial charge on any atom is -0.493 e.